The van der Waals surface area contributed by atoms with E-state index in [0.29, 0.717) is 6.54 Å². The van der Waals surface area contributed by atoms with E-state index in [-0.39, 0.29) is 5.41 Å². The molecule has 0 fully saturated rings. The van der Waals surface area contributed by atoms with Crippen molar-refractivity contribution in [3.05, 3.63) is 45.4 Å². The molecule has 0 amide bonds. The maximum atomic E-state index is 5.85. The van der Waals surface area contributed by atoms with Gasteiger partial charge in [-0.3, -0.25) is 0 Å². The fraction of sp³-hybridized carbons (Fsp3) is 0.438. The fourth-order valence-electron chi connectivity index (χ4n) is 2.12. The van der Waals surface area contributed by atoms with Gasteiger partial charge in [0.1, 0.15) is 5.75 Å². The van der Waals surface area contributed by atoms with Crippen molar-refractivity contribution in [2.75, 3.05) is 7.11 Å². The van der Waals surface area contributed by atoms with Crippen LogP contribution in [0.5, 0.6) is 5.75 Å². The van der Waals surface area contributed by atoms with E-state index in [9.17, 15) is 0 Å². The minimum absolute atomic E-state index is 0.0450. The van der Waals surface area contributed by atoms with Gasteiger partial charge < -0.3 is 10.5 Å². The number of ether oxygens (including phenoxy) is 1. The van der Waals surface area contributed by atoms with Gasteiger partial charge in [0.2, 0.25) is 0 Å². The number of rotatable bonds is 4. The lowest BCUT2D eigenvalue weighted by Gasteiger charge is -2.16. The molecular weight excluding hydrogens is 268 g/mol. The molecule has 0 radical (unpaired) electrons. The Morgan fingerprint density at radius 3 is 2.30 bits per heavy atom. The quantitative estimate of drug-likeness (QED) is 0.937. The van der Waals surface area contributed by atoms with Gasteiger partial charge >= 0.3 is 0 Å². The Morgan fingerprint density at radius 2 is 1.85 bits per heavy atom. The largest absolute Gasteiger partial charge is 0.497 e. The molecule has 0 aliphatic carbocycles. The first-order valence-electron chi connectivity index (χ1n) is 6.76. The highest BCUT2D eigenvalue weighted by atomic mass is 32.1. The first kappa shape index (κ1) is 15.0. The lowest BCUT2D eigenvalue weighted by Crippen LogP contribution is -2.15. The number of hydrogen-bond acceptors (Lipinski definition) is 4. The van der Waals surface area contributed by atoms with E-state index in [1.165, 1.54) is 10.4 Å². The van der Waals surface area contributed by atoms with Gasteiger partial charge in [-0.1, -0.05) is 32.9 Å². The number of thiazole rings is 1. The minimum atomic E-state index is 0.0450. The SMILES string of the molecule is COc1ccc(Cc2nc(C(C)(C)C)c(CN)s2)cc1. The van der Waals surface area contributed by atoms with Crippen LogP contribution in [0.4, 0.5) is 0 Å². The Morgan fingerprint density at radius 1 is 1.20 bits per heavy atom. The minimum Gasteiger partial charge on any atom is -0.497 e. The van der Waals surface area contributed by atoms with Crippen LogP contribution in [0.15, 0.2) is 24.3 Å². The van der Waals surface area contributed by atoms with Crippen LogP contribution in [-0.2, 0) is 18.4 Å². The van der Waals surface area contributed by atoms with E-state index in [0.717, 1.165) is 22.9 Å². The highest BCUT2D eigenvalue weighted by Gasteiger charge is 2.22. The standard InChI is InChI=1S/C16H22N2OS/c1-16(2,3)15-13(10-17)20-14(18-15)9-11-5-7-12(19-4)8-6-11/h5-8H,9-10,17H2,1-4H3. The Kier molecular flexibility index (Phi) is 4.45. The van der Waals surface area contributed by atoms with Crippen molar-refractivity contribution >= 4 is 11.3 Å². The normalized spacial score (nSPS) is 11.7. The second-order valence-electron chi connectivity index (χ2n) is 5.86. The van der Waals surface area contributed by atoms with Gasteiger partial charge in [-0.15, -0.1) is 11.3 Å². The summed E-state index contributed by atoms with van der Waals surface area (Å²) < 4.78 is 5.18. The summed E-state index contributed by atoms with van der Waals surface area (Å²) in [6.45, 7) is 7.10. The molecule has 0 saturated heterocycles. The number of benzene rings is 1. The molecule has 0 unspecified atom stereocenters. The van der Waals surface area contributed by atoms with E-state index in [1.807, 2.05) is 12.1 Å². The van der Waals surface area contributed by atoms with Crippen LogP contribution >= 0.6 is 11.3 Å². The summed E-state index contributed by atoms with van der Waals surface area (Å²) in [6.07, 6.45) is 0.845. The van der Waals surface area contributed by atoms with E-state index < -0.39 is 0 Å². The molecule has 0 aliphatic heterocycles. The molecule has 0 atom stereocenters. The molecule has 20 heavy (non-hydrogen) atoms. The number of nitrogens with two attached hydrogens (primary N) is 1. The first-order chi connectivity index (χ1) is 9.44. The molecule has 1 aromatic carbocycles. The number of aromatic nitrogens is 1. The summed E-state index contributed by atoms with van der Waals surface area (Å²) in [5.41, 5.74) is 8.26. The highest BCUT2D eigenvalue weighted by molar-refractivity contribution is 7.11. The molecule has 108 valence electrons. The molecular formula is C16H22N2OS. The van der Waals surface area contributed by atoms with Gasteiger partial charge in [-0.25, -0.2) is 4.98 Å². The van der Waals surface area contributed by atoms with Crippen molar-refractivity contribution in [3.63, 3.8) is 0 Å². The van der Waals surface area contributed by atoms with Gasteiger partial charge in [0.25, 0.3) is 0 Å². The third-order valence-electron chi connectivity index (χ3n) is 3.15. The van der Waals surface area contributed by atoms with Crippen molar-refractivity contribution in [1.29, 1.82) is 0 Å². The van der Waals surface area contributed by atoms with Crippen LogP contribution in [0.2, 0.25) is 0 Å². The lowest BCUT2D eigenvalue weighted by molar-refractivity contribution is 0.414. The molecule has 2 N–H and O–H groups in total. The predicted molar refractivity (Wildman–Crippen MR) is 84.5 cm³/mol. The van der Waals surface area contributed by atoms with Crippen molar-refractivity contribution in [2.45, 2.75) is 39.2 Å². The average Bonchev–Trinajstić information content (AvgIpc) is 2.83. The van der Waals surface area contributed by atoms with Crippen LogP contribution in [0.1, 0.15) is 41.9 Å². The zero-order chi connectivity index (χ0) is 14.8. The van der Waals surface area contributed by atoms with Crippen LogP contribution in [0.25, 0.3) is 0 Å². The zero-order valence-corrected chi connectivity index (χ0v) is 13.4. The van der Waals surface area contributed by atoms with E-state index in [1.54, 1.807) is 18.4 Å². The van der Waals surface area contributed by atoms with Crippen LogP contribution in [0, 0.1) is 0 Å². The number of nitrogens with zero attached hydrogens (tertiary/aromatic N) is 1. The maximum Gasteiger partial charge on any atom is 0.118 e. The molecule has 1 heterocycles. The molecule has 0 aliphatic rings. The van der Waals surface area contributed by atoms with Crippen LogP contribution < -0.4 is 10.5 Å². The third kappa shape index (κ3) is 3.38. The van der Waals surface area contributed by atoms with Crippen LogP contribution in [-0.4, -0.2) is 12.1 Å². The summed E-state index contributed by atoms with van der Waals surface area (Å²) in [7, 11) is 1.68. The van der Waals surface area contributed by atoms with Crippen molar-refractivity contribution in [2.24, 2.45) is 5.73 Å². The summed E-state index contributed by atoms with van der Waals surface area (Å²) in [6, 6.07) is 8.13. The van der Waals surface area contributed by atoms with E-state index in [2.05, 4.69) is 32.9 Å². The maximum absolute atomic E-state index is 5.85. The fourth-order valence-corrected chi connectivity index (χ4v) is 3.31. The van der Waals surface area contributed by atoms with Gasteiger partial charge in [0.05, 0.1) is 17.8 Å². The average molecular weight is 290 g/mol. The zero-order valence-electron chi connectivity index (χ0n) is 12.6. The molecule has 2 aromatic rings. The van der Waals surface area contributed by atoms with Crippen LogP contribution in [0.3, 0.4) is 0 Å². The topological polar surface area (TPSA) is 48.1 Å². The summed E-state index contributed by atoms with van der Waals surface area (Å²) in [5, 5.41) is 1.13. The highest BCUT2D eigenvalue weighted by Crippen LogP contribution is 2.30. The molecule has 2 rings (SSSR count). The predicted octanol–water partition coefficient (Wildman–Crippen LogP) is 3.50. The van der Waals surface area contributed by atoms with Gasteiger partial charge in [-0.2, -0.15) is 0 Å². The summed E-state index contributed by atoms with van der Waals surface area (Å²) in [5.74, 6) is 0.880. The van der Waals surface area contributed by atoms with Gasteiger partial charge in [-0.05, 0) is 17.7 Å². The van der Waals surface area contributed by atoms with E-state index >= 15 is 0 Å². The molecule has 1 aromatic heterocycles. The van der Waals surface area contributed by atoms with Gasteiger partial charge in [0.15, 0.2) is 0 Å². The molecule has 0 spiro atoms. The lowest BCUT2D eigenvalue weighted by atomic mass is 9.91. The number of methoxy groups -OCH3 is 1. The molecule has 0 saturated carbocycles. The Labute approximate surface area is 124 Å². The second kappa shape index (κ2) is 5.94. The molecule has 0 bridgehead atoms. The third-order valence-corrected chi connectivity index (χ3v) is 4.23. The van der Waals surface area contributed by atoms with E-state index in [4.69, 9.17) is 15.5 Å². The van der Waals surface area contributed by atoms with Crippen molar-refractivity contribution in [1.82, 2.24) is 4.98 Å². The molecule has 3 nitrogen and oxygen atoms in total. The van der Waals surface area contributed by atoms with Gasteiger partial charge in [0, 0.05) is 23.3 Å². The summed E-state index contributed by atoms with van der Waals surface area (Å²) in [4.78, 5) is 5.99. The first-order valence-corrected chi connectivity index (χ1v) is 7.57. The molecule has 4 heteroatoms. The van der Waals surface area contributed by atoms with Crippen molar-refractivity contribution in [3.8, 4) is 5.75 Å². The Bertz CT molecular complexity index is 567. The van der Waals surface area contributed by atoms with Crippen molar-refractivity contribution < 1.29 is 4.74 Å². The monoisotopic (exact) mass is 290 g/mol. The second-order valence-corrected chi connectivity index (χ2v) is 7.03. The Hall–Kier alpha value is -1.39. The number of hydrogen-bond donors (Lipinski definition) is 1. The summed E-state index contributed by atoms with van der Waals surface area (Å²) >= 11 is 1.72. The smallest absolute Gasteiger partial charge is 0.118 e. The Balaban J connectivity index is 2.23.